The minimum absolute atomic E-state index is 0.225. The average molecular weight is 332 g/mol. The van der Waals surface area contributed by atoms with Gasteiger partial charge in [-0.3, -0.25) is 0 Å². The SMILES string of the molecule is CS(=O)(=O)CCNC1CC(c2ccccc2Br)C1. The molecule has 0 atom stereocenters. The van der Waals surface area contributed by atoms with E-state index in [-0.39, 0.29) is 5.75 Å². The average Bonchev–Trinajstić information content (AvgIpc) is 2.21. The largest absolute Gasteiger partial charge is 0.313 e. The van der Waals surface area contributed by atoms with Gasteiger partial charge in [0.05, 0.1) is 5.75 Å². The van der Waals surface area contributed by atoms with Crippen LogP contribution >= 0.6 is 15.9 Å². The molecule has 1 N–H and O–H groups in total. The molecule has 0 spiro atoms. The lowest BCUT2D eigenvalue weighted by atomic mass is 9.76. The van der Waals surface area contributed by atoms with Crippen LogP contribution in [0.5, 0.6) is 0 Å². The van der Waals surface area contributed by atoms with Gasteiger partial charge in [0.1, 0.15) is 9.84 Å². The van der Waals surface area contributed by atoms with Gasteiger partial charge in [-0.05, 0) is 30.4 Å². The molecule has 3 nitrogen and oxygen atoms in total. The molecule has 0 heterocycles. The smallest absolute Gasteiger partial charge is 0.148 e. The molecular weight excluding hydrogens is 314 g/mol. The summed E-state index contributed by atoms with van der Waals surface area (Å²) in [6, 6.07) is 8.77. The first-order chi connectivity index (χ1) is 8.46. The number of nitrogens with one attached hydrogen (secondary N) is 1. The number of hydrogen-bond acceptors (Lipinski definition) is 3. The second-order valence-corrected chi connectivity index (χ2v) is 8.08. The van der Waals surface area contributed by atoms with Gasteiger partial charge in [0.25, 0.3) is 0 Å². The third-order valence-corrected chi connectivity index (χ3v) is 5.06. The van der Waals surface area contributed by atoms with E-state index in [1.807, 2.05) is 6.07 Å². The number of benzene rings is 1. The monoisotopic (exact) mass is 331 g/mol. The Labute approximate surface area is 117 Å². The Hall–Kier alpha value is -0.390. The van der Waals surface area contributed by atoms with Crippen molar-refractivity contribution in [2.24, 2.45) is 0 Å². The van der Waals surface area contributed by atoms with E-state index in [1.165, 1.54) is 16.3 Å². The summed E-state index contributed by atoms with van der Waals surface area (Å²) in [6.07, 6.45) is 3.46. The number of hydrogen-bond donors (Lipinski definition) is 1. The first kappa shape index (κ1) is 14.0. The van der Waals surface area contributed by atoms with Gasteiger partial charge in [0.2, 0.25) is 0 Å². The molecule has 1 fully saturated rings. The Bertz CT molecular complexity index is 509. The first-order valence-electron chi connectivity index (χ1n) is 6.11. The van der Waals surface area contributed by atoms with Crippen LogP contribution in [0.4, 0.5) is 0 Å². The van der Waals surface area contributed by atoms with Crippen molar-refractivity contribution in [3.63, 3.8) is 0 Å². The highest BCUT2D eigenvalue weighted by molar-refractivity contribution is 9.10. The molecule has 1 aromatic rings. The molecule has 0 aromatic heterocycles. The Morgan fingerprint density at radius 1 is 1.33 bits per heavy atom. The van der Waals surface area contributed by atoms with Crippen LogP contribution in [0.1, 0.15) is 24.3 Å². The molecule has 2 rings (SSSR count). The molecule has 0 saturated heterocycles. The molecule has 0 amide bonds. The van der Waals surface area contributed by atoms with Crippen molar-refractivity contribution in [3.05, 3.63) is 34.3 Å². The lowest BCUT2D eigenvalue weighted by molar-refractivity contribution is 0.295. The van der Waals surface area contributed by atoms with E-state index in [1.54, 1.807) is 0 Å². The topological polar surface area (TPSA) is 46.2 Å². The molecule has 0 radical (unpaired) electrons. The van der Waals surface area contributed by atoms with E-state index >= 15 is 0 Å². The summed E-state index contributed by atoms with van der Waals surface area (Å²) in [4.78, 5) is 0. The fraction of sp³-hybridized carbons (Fsp3) is 0.538. The normalized spacial score (nSPS) is 23.7. The Balaban J connectivity index is 1.76. The van der Waals surface area contributed by atoms with Gasteiger partial charge >= 0.3 is 0 Å². The number of halogens is 1. The van der Waals surface area contributed by atoms with Gasteiger partial charge in [0.15, 0.2) is 0 Å². The zero-order valence-corrected chi connectivity index (χ0v) is 12.8. The molecular formula is C13H18BrNO2S. The summed E-state index contributed by atoms with van der Waals surface area (Å²) >= 11 is 3.57. The minimum Gasteiger partial charge on any atom is -0.313 e. The highest BCUT2D eigenvalue weighted by atomic mass is 79.9. The van der Waals surface area contributed by atoms with Gasteiger partial charge in [-0.1, -0.05) is 34.1 Å². The quantitative estimate of drug-likeness (QED) is 0.900. The zero-order valence-electron chi connectivity index (χ0n) is 10.4. The van der Waals surface area contributed by atoms with E-state index in [0.29, 0.717) is 18.5 Å². The third-order valence-electron chi connectivity index (χ3n) is 3.39. The summed E-state index contributed by atoms with van der Waals surface area (Å²) in [6.45, 7) is 0.562. The molecule has 1 aliphatic rings. The fourth-order valence-corrected chi connectivity index (χ4v) is 3.39. The molecule has 5 heteroatoms. The van der Waals surface area contributed by atoms with Crippen molar-refractivity contribution in [2.45, 2.75) is 24.8 Å². The van der Waals surface area contributed by atoms with E-state index in [4.69, 9.17) is 0 Å². The van der Waals surface area contributed by atoms with Crippen LogP contribution in [0.15, 0.2) is 28.7 Å². The maximum Gasteiger partial charge on any atom is 0.148 e. The van der Waals surface area contributed by atoms with Crippen molar-refractivity contribution < 1.29 is 8.42 Å². The van der Waals surface area contributed by atoms with Crippen LogP contribution in [0.2, 0.25) is 0 Å². The van der Waals surface area contributed by atoms with Crippen LogP contribution in [-0.2, 0) is 9.84 Å². The molecule has 1 aliphatic carbocycles. The molecule has 0 aliphatic heterocycles. The second-order valence-electron chi connectivity index (χ2n) is 4.97. The van der Waals surface area contributed by atoms with Crippen LogP contribution in [0.25, 0.3) is 0 Å². The maximum absolute atomic E-state index is 11.0. The number of rotatable bonds is 5. The highest BCUT2D eigenvalue weighted by Gasteiger charge is 2.30. The molecule has 1 saturated carbocycles. The predicted molar refractivity (Wildman–Crippen MR) is 77.6 cm³/mol. The maximum atomic E-state index is 11.0. The molecule has 18 heavy (non-hydrogen) atoms. The lowest BCUT2D eigenvalue weighted by Gasteiger charge is -2.36. The summed E-state index contributed by atoms with van der Waals surface area (Å²) < 4.78 is 23.2. The van der Waals surface area contributed by atoms with E-state index in [2.05, 4.69) is 39.4 Å². The van der Waals surface area contributed by atoms with Crippen molar-refractivity contribution >= 4 is 25.8 Å². The second kappa shape index (κ2) is 5.72. The Kier molecular flexibility index (Phi) is 4.45. The van der Waals surface area contributed by atoms with Gasteiger partial charge in [-0.25, -0.2) is 8.42 Å². The summed E-state index contributed by atoms with van der Waals surface area (Å²) in [5.41, 5.74) is 1.36. The van der Waals surface area contributed by atoms with Crippen molar-refractivity contribution in [2.75, 3.05) is 18.6 Å². The molecule has 0 unspecified atom stereocenters. The molecule has 1 aromatic carbocycles. The van der Waals surface area contributed by atoms with Crippen LogP contribution < -0.4 is 5.32 Å². The first-order valence-corrected chi connectivity index (χ1v) is 8.96. The van der Waals surface area contributed by atoms with E-state index < -0.39 is 9.84 Å². The van der Waals surface area contributed by atoms with Crippen LogP contribution in [0, 0.1) is 0 Å². The fourth-order valence-electron chi connectivity index (χ4n) is 2.29. The van der Waals surface area contributed by atoms with Gasteiger partial charge in [0, 0.05) is 23.3 Å². The standard InChI is InChI=1S/C13H18BrNO2S/c1-18(16,17)7-6-15-11-8-10(9-11)12-4-2-3-5-13(12)14/h2-5,10-11,15H,6-9H2,1H3. The van der Waals surface area contributed by atoms with E-state index in [9.17, 15) is 8.42 Å². The van der Waals surface area contributed by atoms with Gasteiger partial charge < -0.3 is 5.32 Å². The zero-order chi connectivity index (χ0) is 13.2. The summed E-state index contributed by atoms with van der Waals surface area (Å²) in [7, 11) is -2.85. The molecule has 0 bridgehead atoms. The van der Waals surface area contributed by atoms with Gasteiger partial charge in [-0.15, -0.1) is 0 Å². The Morgan fingerprint density at radius 2 is 2.00 bits per heavy atom. The van der Waals surface area contributed by atoms with Gasteiger partial charge in [-0.2, -0.15) is 0 Å². The highest BCUT2D eigenvalue weighted by Crippen LogP contribution is 2.39. The summed E-state index contributed by atoms with van der Waals surface area (Å²) in [5, 5.41) is 3.30. The lowest BCUT2D eigenvalue weighted by Crippen LogP contribution is -2.42. The van der Waals surface area contributed by atoms with Crippen molar-refractivity contribution in [3.8, 4) is 0 Å². The van der Waals surface area contributed by atoms with E-state index in [0.717, 1.165) is 12.8 Å². The van der Waals surface area contributed by atoms with Crippen LogP contribution in [0.3, 0.4) is 0 Å². The predicted octanol–water partition coefficient (Wildman–Crippen LogP) is 2.33. The third kappa shape index (κ3) is 3.80. The number of sulfone groups is 1. The minimum atomic E-state index is -2.85. The van der Waals surface area contributed by atoms with Crippen LogP contribution in [-0.4, -0.2) is 33.0 Å². The van der Waals surface area contributed by atoms with Crippen molar-refractivity contribution in [1.82, 2.24) is 5.32 Å². The molecule has 100 valence electrons. The van der Waals surface area contributed by atoms with Crippen molar-refractivity contribution in [1.29, 1.82) is 0 Å². The Morgan fingerprint density at radius 3 is 2.61 bits per heavy atom. The summed E-state index contributed by atoms with van der Waals surface area (Å²) in [5.74, 6) is 0.819.